The van der Waals surface area contributed by atoms with Gasteiger partial charge in [-0.15, -0.1) is 0 Å². The van der Waals surface area contributed by atoms with E-state index in [1.807, 2.05) is 0 Å². The molecule has 15 heavy (non-hydrogen) atoms. The maximum atomic E-state index is 8.76. The van der Waals surface area contributed by atoms with Gasteiger partial charge < -0.3 is 19.3 Å². The van der Waals surface area contributed by atoms with Gasteiger partial charge in [0.15, 0.2) is 6.29 Å². The number of hydrogen-bond acceptors (Lipinski definition) is 4. The number of ether oxygens (including phenoxy) is 3. The first-order chi connectivity index (χ1) is 7.40. The van der Waals surface area contributed by atoms with Gasteiger partial charge in [-0.3, -0.25) is 0 Å². The van der Waals surface area contributed by atoms with E-state index in [0.29, 0.717) is 0 Å². The molecule has 0 radical (unpaired) electrons. The van der Waals surface area contributed by atoms with E-state index in [-0.39, 0.29) is 25.1 Å². The Balaban J connectivity index is 1.45. The van der Waals surface area contributed by atoms with E-state index in [1.165, 1.54) is 6.42 Å². The molecule has 0 amide bonds. The molecular weight excluding hydrogens is 196 g/mol. The first-order valence-electron chi connectivity index (χ1n) is 5.89. The summed E-state index contributed by atoms with van der Waals surface area (Å²) in [5.74, 6) is 0. The second-order valence-corrected chi connectivity index (χ2v) is 4.20. The lowest BCUT2D eigenvalue weighted by Crippen LogP contribution is -2.22. The molecule has 2 aliphatic heterocycles. The fraction of sp³-hybridized carbons (Fsp3) is 1.00. The quantitative estimate of drug-likeness (QED) is 0.533. The van der Waals surface area contributed by atoms with Crippen molar-refractivity contribution in [2.75, 3.05) is 19.8 Å². The fourth-order valence-corrected chi connectivity index (χ4v) is 1.94. The Morgan fingerprint density at radius 3 is 2.87 bits per heavy atom. The van der Waals surface area contributed by atoms with Crippen molar-refractivity contribution in [2.24, 2.45) is 0 Å². The van der Waals surface area contributed by atoms with Crippen LogP contribution in [0.4, 0.5) is 0 Å². The van der Waals surface area contributed by atoms with Gasteiger partial charge in [0.2, 0.25) is 0 Å². The lowest BCUT2D eigenvalue weighted by atomic mass is 10.2. The number of rotatable bonds is 6. The highest BCUT2D eigenvalue weighted by atomic mass is 16.7. The summed E-state index contributed by atoms with van der Waals surface area (Å²) in [6.45, 7) is 1.73. The minimum absolute atomic E-state index is 0.0208. The van der Waals surface area contributed by atoms with Crippen molar-refractivity contribution in [1.29, 1.82) is 0 Å². The van der Waals surface area contributed by atoms with Crippen LogP contribution >= 0.6 is 0 Å². The largest absolute Gasteiger partial charge is 0.394 e. The lowest BCUT2D eigenvalue weighted by molar-refractivity contribution is -0.162. The van der Waals surface area contributed by atoms with Gasteiger partial charge in [0.1, 0.15) is 6.10 Å². The molecule has 2 heterocycles. The van der Waals surface area contributed by atoms with Crippen molar-refractivity contribution in [2.45, 2.75) is 50.6 Å². The molecule has 0 aromatic carbocycles. The van der Waals surface area contributed by atoms with Gasteiger partial charge in [-0.1, -0.05) is 0 Å². The standard InChI is InChI=1S/C11H20O4/c12-8-10-9(15-10)4-3-7-14-11-5-1-2-6-13-11/h9-12H,1-8H2/t9-,10+,11?/m1/s1. The molecule has 0 aliphatic carbocycles. The molecule has 3 atom stereocenters. The van der Waals surface area contributed by atoms with E-state index in [1.54, 1.807) is 0 Å². The molecule has 0 aromatic heterocycles. The van der Waals surface area contributed by atoms with Crippen molar-refractivity contribution >= 4 is 0 Å². The minimum Gasteiger partial charge on any atom is -0.394 e. The highest BCUT2D eigenvalue weighted by molar-refractivity contribution is 4.83. The van der Waals surface area contributed by atoms with Gasteiger partial charge in [-0.2, -0.15) is 0 Å². The Bertz CT molecular complexity index is 179. The van der Waals surface area contributed by atoms with Crippen LogP contribution in [0.3, 0.4) is 0 Å². The SMILES string of the molecule is OC[C@@H]1O[C@@H]1CCCOC1CCCCO1. The van der Waals surface area contributed by atoms with Gasteiger partial charge in [0.25, 0.3) is 0 Å². The summed E-state index contributed by atoms with van der Waals surface area (Å²) in [6.07, 6.45) is 5.75. The Morgan fingerprint density at radius 1 is 1.27 bits per heavy atom. The van der Waals surface area contributed by atoms with Crippen molar-refractivity contribution in [1.82, 2.24) is 0 Å². The topological polar surface area (TPSA) is 51.2 Å². The second-order valence-electron chi connectivity index (χ2n) is 4.20. The van der Waals surface area contributed by atoms with E-state index in [9.17, 15) is 0 Å². The van der Waals surface area contributed by atoms with Crippen molar-refractivity contribution in [3.63, 3.8) is 0 Å². The van der Waals surface area contributed by atoms with Crippen LogP contribution in [0.25, 0.3) is 0 Å². The molecule has 1 unspecified atom stereocenters. The van der Waals surface area contributed by atoms with Crippen LogP contribution in [-0.2, 0) is 14.2 Å². The average Bonchev–Trinajstić information content (AvgIpc) is 3.05. The molecule has 0 bridgehead atoms. The van der Waals surface area contributed by atoms with Crippen LogP contribution < -0.4 is 0 Å². The molecule has 2 aliphatic rings. The normalized spacial score (nSPS) is 35.4. The summed E-state index contributed by atoms with van der Waals surface area (Å²) in [6, 6.07) is 0. The summed E-state index contributed by atoms with van der Waals surface area (Å²) in [4.78, 5) is 0. The molecule has 2 saturated heterocycles. The fourth-order valence-electron chi connectivity index (χ4n) is 1.94. The molecule has 0 saturated carbocycles. The molecule has 0 aromatic rings. The Labute approximate surface area is 90.5 Å². The van der Waals surface area contributed by atoms with Crippen LogP contribution in [0.2, 0.25) is 0 Å². The van der Waals surface area contributed by atoms with Gasteiger partial charge >= 0.3 is 0 Å². The van der Waals surface area contributed by atoms with Crippen LogP contribution in [0.5, 0.6) is 0 Å². The second kappa shape index (κ2) is 5.80. The van der Waals surface area contributed by atoms with Gasteiger partial charge in [-0.05, 0) is 32.1 Å². The van der Waals surface area contributed by atoms with E-state index < -0.39 is 0 Å². The maximum Gasteiger partial charge on any atom is 0.157 e. The zero-order valence-corrected chi connectivity index (χ0v) is 9.06. The molecule has 4 heteroatoms. The molecular formula is C11H20O4. The number of aliphatic hydroxyl groups excluding tert-OH is 1. The predicted molar refractivity (Wildman–Crippen MR) is 54.5 cm³/mol. The van der Waals surface area contributed by atoms with Crippen LogP contribution in [0.1, 0.15) is 32.1 Å². The molecule has 2 fully saturated rings. The summed E-state index contributed by atoms with van der Waals surface area (Å²) in [5.41, 5.74) is 0. The van der Waals surface area contributed by atoms with Crippen LogP contribution in [-0.4, -0.2) is 43.4 Å². The van der Waals surface area contributed by atoms with E-state index in [4.69, 9.17) is 19.3 Å². The number of epoxide rings is 1. The van der Waals surface area contributed by atoms with E-state index in [2.05, 4.69) is 0 Å². The van der Waals surface area contributed by atoms with Crippen LogP contribution in [0.15, 0.2) is 0 Å². The molecule has 1 N–H and O–H groups in total. The minimum atomic E-state index is 0.0208. The molecule has 0 spiro atoms. The Morgan fingerprint density at radius 2 is 2.20 bits per heavy atom. The summed E-state index contributed by atoms with van der Waals surface area (Å²) < 4.78 is 16.3. The smallest absolute Gasteiger partial charge is 0.157 e. The first-order valence-corrected chi connectivity index (χ1v) is 5.89. The molecule has 88 valence electrons. The van der Waals surface area contributed by atoms with Gasteiger partial charge in [0, 0.05) is 13.2 Å². The number of aliphatic hydroxyl groups is 1. The van der Waals surface area contributed by atoms with Gasteiger partial charge in [0.05, 0.1) is 12.7 Å². The zero-order chi connectivity index (χ0) is 10.5. The average molecular weight is 216 g/mol. The third-order valence-corrected chi connectivity index (χ3v) is 2.94. The zero-order valence-electron chi connectivity index (χ0n) is 9.06. The van der Waals surface area contributed by atoms with Crippen molar-refractivity contribution < 1.29 is 19.3 Å². The maximum absolute atomic E-state index is 8.76. The number of hydrogen-bond donors (Lipinski definition) is 1. The highest BCUT2D eigenvalue weighted by Gasteiger charge is 2.37. The van der Waals surface area contributed by atoms with Crippen molar-refractivity contribution in [3.8, 4) is 0 Å². The first kappa shape index (κ1) is 11.3. The van der Waals surface area contributed by atoms with Crippen LogP contribution in [0, 0.1) is 0 Å². The third kappa shape index (κ3) is 3.72. The summed E-state index contributed by atoms with van der Waals surface area (Å²) >= 11 is 0. The van der Waals surface area contributed by atoms with E-state index >= 15 is 0 Å². The van der Waals surface area contributed by atoms with Gasteiger partial charge in [-0.25, -0.2) is 0 Å². The Kier molecular flexibility index (Phi) is 4.38. The highest BCUT2D eigenvalue weighted by Crippen LogP contribution is 2.26. The summed E-state index contributed by atoms with van der Waals surface area (Å²) in [7, 11) is 0. The lowest BCUT2D eigenvalue weighted by Gasteiger charge is -2.22. The third-order valence-electron chi connectivity index (χ3n) is 2.94. The van der Waals surface area contributed by atoms with E-state index in [0.717, 1.165) is 38.9 Å². The monoisotopic (exact) mass is 216 g/mol. The predicted octanol–water partition coefficient (Wildman–Crippen LogP) is 1.07. The Hall–Kier alpha value is -0.160. The molecule has 2 rings (SSSR count). The summed E-state index contributed by atoms with van der Waals surface area (Å²) in [5, 5.41) is 8.76. The molecule has 4 nitrogen and oxygen atoms in total. The van der Waals surface area contributed by atoms with Crippen molar-refractivity contribution in [3.05, 3.63) is 0 Å².